The lowest BCUT2D eigenvalue weighted by Crippen LogP contribution is -2.48. The number of unbranched alkanes of at least 4 members (excludes halogenated alkanes) is 1. The van der Waals surface area contributed by atoms with E-state index in [1.807, 2.05) is 41.3 Å². The van der Waals surface area contributed by atoms with Crippen LogP contribution in [0.3, 0.4) is 0 Å². The van der Waals surface area contributed by atoms with Crippen LogP contribution in [0.4, 0.5) is 0 Å². The van der Waals surface area contributed by atoms with Gasteiger partial charge in [-0.25, -0.2) is 0 Å². The number of ether oxygens (including phenoxy) is 1. The Morgan fingerprint density at radius 3 is 2.41 bits per heavy atom. The van der Waals surface area contributed by atoms with Gasteiger partial charge in [0.1, 0.15) is 5.75 Å². The molecule has 3 aromatic rings. The largest absolute Gasteiger partial charge is 0.494 e. The third-order valence-electron chi connectivity index (χ3n) is 5.71. The van der Waals surface area contributed by atoms with E-state index in [1.54, 1.807) is 4.68 Å². The normalized spacial score (nSPS) is 14.5. The van der Waals surface area contributed by atoms with Crippen molar-refractivity contribution in [1.82, 2.24) is 30.0 Å². The molecule has 1 fully saturated rings. The Bertz CT molecular complexity index is 1010. The molecule has 4 rings (SSSR count). The van der Waals surface area contributed by atoms with Crippen molar-refractivity contribution in [2.24, 2.45) is 0 Å². The van der Waals surface area contributed by atoms with Crippen LogP contribution in [0.1, 0.15) is 41.5 Å². The summed E-state index contributed by atoms with van der Waals surface area (Å²) >= 11 is 0. The predicted octanol–water partition coefficient (Wildman–Crippen LogP) is 3.11. The summed E-state index contributed by atoms with van der Waals surface area (Å²) < 4.78 is 7.47. The molecule has 0 aliphatic carbocycles. The van der Waals surface area contributed by atoms with E-state index in [1.165, 1.54) is 5.56 Å². The number of nitrogens with zero attached hydrogens (tertiary/aromatic N) is 6. The first-order valence-corrected chi connectivity index (χ1v) is 11.2. The highest BCUT2D eigenvalue weighted by molar-refractivity contribution is 5.94. The highest BCUT2D eigenvalue weighted by Gasteiger charge is 2.23. The molecule has 0 atom stereocenters. The van der Waals surface area contributed by atoms with Gasteiger partial charge >= 0.3 is 0 Å². The number of amides is 1. The molecule has 1 amide bonds. The number of hydrogen-bond donors (Lipinski definition) is 0. The number of carbonyl (C=O) groups excluding carboxylic acids is 1. The average Bonchev–Trinajstić information content (AvgIpc) is 3.28. The van der Waals surface area contributed by atoms with Crippen molar-refractivity contribution in [3.05, 3.63) is 65.5 Å². The molecule has 0 bridgehead atoms. The second kappa shape index (κ2) is 10.4. The zero-order valence-corrected chi connectivity index (χ0v) is 18.8. The Kier molecular flexibility index (Phi) is 7.11. The lowest BCUT2D eigenvalue weighted by Gasteiger charge is -2.34. The molecule has 8 heteroatoms. The molecule has 32 heavy (non-hydrogen) atoms. The molecule has 0 N–H and O–H groups in total. The predicted molar refractivity (Wildman–Crippen MR) is 122 cm³/mol. The minimum Gasteiger partial charge on any atom is -0.494 e. The maximum absolute atomic E-state index is 12.9. The van der Waals surface area contributed by atoms with Gasteiger partial charge in [0, 0.05) is 31.7 Å². The summed E-state index contributed by atoms with van der Waals surface area (Å²) in [5.41, 5.74) is 2.85. The van der Waals surface area contributed by atoms with Gasteiger partial charge in [0.2, 0.25) is 0 Å². The van der Waals surface area contributed by atoms with Gasteiger partial charge in [-0.05, 0) is 60.2 Å². The maximum atomic E-state index is 12.9. The van der Waals surface area contributed by atoms with Crippen molar-refractivity contribution >= 4 is 5.91 Å². The van der Waals surface area contributed by atoms with E-state index in [0.29, 0.717) is 31.8 Å². The van der Waals surface area contributed by atoms with Gasteiger partial charge in [-0.2, -0.15) is 4.68 Å². The molecule has 8 nitrogen and oxygen atoms in total. The minimum atomic E-state index is 0.0641. The lowest BCUT2D eigenvalue weighted by molar-refractivity contribution is 0.0624. The maximum Gasteiger partial charge on any atom is 0.253 e. The van der Waals surface area contributed by atoms with Crippen LogP contribution in [0.25, 0.3) is 5.69 Å². The summed E-state index contributed by atoms with van der Waals surface area (Å²) in [7, 11) is 0. The number of carbonyl (C=O) groups is 1. The highest BCUT2D eigenvalue weighted by atomic mass is 16.5. The standard InChI is InChI=1S/C24H30N6O2/c1-3-4-17-32-22-11-7-20(8-12-22)24(31)29-15-13-28(14-16-29)18-23-25-26-27-30(23)21-9-5-19(2)6-10-21/h5-12H,3-4,13-18H2,1-2H3. The van der Waals surface area contributed by atoms with Crippen molar-refractivity contribution < 1.29 is 9.53 Å². The van der Waals surface area contributed by atoms with Crippen molar-refractivity contribution in [3.8, 4) is 11.4 Å². The summed E-state index contributed by atoms with van der Waals surface area (Å²) in [6.45, 7) is 8.47. The third kappa shape index (κ3) is 5.31. The van der Waals surface area contributed by atoms with Crippen LogP contribution in [0.5, 0.6) is 5.75 Å². The van der Waals surface area contributed by atoms with E-state index in [-0.39, 0.29) is 5.91 Å². The van der Waals surface area contributed by atoms with Crippen LogP contribution in [-0.4, -0.2) is 68.7 Å². The first kappa shape index (κ1) is 22.0. The molecule has 0 radical (unpaired) electrons. The molecule has 2 heterocycles. The number of aromatic nitrogens is 4. The minimum absolute atomic E-state index is 0.0641. The summed E-state index contributed by atoms with van der Waals surface area (Å²) in [6.07, 6.45) is 2.13. The number of rotatable bonds is 8. The van der Waals surface area contributed by atoms with Crippen molar-refractivity contribution in [3.63, 3.8) is 0 Å². The monoisotopic (exact) mass is 434 g/mol. The molecule has 168 valence electrons. The van der Waals surface area contributed by atoms with E-state index in [0.717, 1.165) is 43.2 Å². The first-order chi connectivity index (χ1) is 15.6. The molecule has 0 saturated carbocycles. The van der Waals surface area contributed by atoms with E-state index < -0.39 is 0 Å². The van der Waals surface area contributed by atoms with Crippen LogP contribution < -0.4 is 4.74 Å². The van der Waals surface area contributed by atoms with Gasteiger partial charge in [0.05, 0.1) is 18.8 Å². The zero-order chi connectivity index (χ0) is 22.3. The van der Waals surface area contributed by atoms with Crippen molar-refractivity contribution in [2.45, 2.75) is 33.2 Å². The molecule has 1 aliphatic heterocycles. The summed E-state index contributed by atoms with van der Waals surface area (Å²) in [5.74, 6) is 1.67. The number of piperazine rings is 1. The molecule has 1 aliphatic rings. The molecule has 0 spiro atoms. The average molecular weight is 435 g/mol. The number of benzene rings is 2. The number of hydrogen-bond acceptors (Lipinski definition) is 6. The van der Waals surface area contributed by atoms with Gasteiger partial charge in [-0.1, -0.05) is 31.0 Å². The molecule has 1 aromatic heterocycles. The van der Waals surface area contributed by atoms with Crippen molar-refractivity contribution in [1.29, 1.82) is 0 Å². The van der Waals surface area contributed by atoms with Gasteiger partial charge in [-0.3, -0.25) is 9.69 Å². The Labute approximate surface area is 188 Å². The van der Waals surface area contributed by atoms with E-state index in [4.69, 9.17) is 4.74 Å². The molecular formula is C24H30N6O2. The number of tetrazole rings is 1. The number of aryl methyl sites for hydroxylation is 1. The Balaban J connectivity index is 1.30. The van der Waals surface area contributed by atoms with Crippen LogP contribution >= 0.6 is 0 Å². The fraction of sp³-hybridized carbons (Fsp3) is 0.417. The first-order valence-electron chi connectivity index (χ1n) is 11.2. The zero-order valence-electron chi connectivity index (χ0n) is 18.8. The smallest absolute Gasteiger partial charge is 0.253 e. The van der Waals surface area contributed by atoms with E-state index in [9.17, 15) is 4.79 Å². The molecular weight excluding hydrogens is 404 g/mol. The lowest BCUT2D eigenvalue weighted by atomic mass is 10.1. The van der Waals surface area contributed by atoms with Crippen LogP contribution in [0.15, 0.2) is 48.5 Å². The van der Waals surface area contributed by atoms with Gasteiger partial charge in [0.25, 0.3) is 5.91 Å². The fourth-order valence-electron chi connectivity index (χ4n) is 3.71. The Morgan fingerprint density at radius 1 is 1.00 bits per heavy atom. The molecule has 1 saturated heterocycles. The van der Waals surface area contributed by atoms with E-state index in [2.05, 4.69) is 46.4 Å². The summed E-state index contributed by atoms with van der Waals surface area (Å²) in [6, 6.07) is 15.6. The van der Waals surface area contributed by atoms with Gasteiger partial charge in [0.15, 0.2) is 5.82 Å². The Morgan fingerprint density at radius 2 is 1.72 bits per heavy atom. The second-order valence-corrected chi connectivity index (χ2v) is 8.14. The van der Waals surface area contributed by atoms with Crippen LogP contribution in [-0.2, 0) is 6.54 Å². The Hall–Kier alpha value is -3.26. The third-order valence-corrected chi connectivity index (χ3v) is 5.71. The van der Waals surface area contributed by atoms with Crippen LogP contribution in [0.2, 0.25) is 0 Å². The quantitative estimate of drug-likeness (QED) is 0.507. The fourth-order valence-corrected chi connectivity index (χ4v) is 3.71. The molecule has 2 aromatic carbocycles. The van der Waals surface area contributed by atoms with Crippen LogP contribution in [0, 0.1) is 6.92 Å². The van der Waals surface area contributed by atoms with E-state index >= 15 is 0 Å². The summed E-state index contributed by atoms with van der Waals surface area (Å²) in [5, 5.41) is 12.2. The van der Waals surface area contributed by atoms with Gasteiger partial charge < -0.3 is 9.64 Å². The van der Waals surface area contributed by atoms with Gasteiger partial charge in [-0.15, -0.1) is 5.10 Å². The SMILES string of the molecule is CCCCOc1ccc(C(=O)N2CCN(Cc3nnnn3-c3ccc(C)cc3)CC2)cc1. The molecule has 0 unspecified atom stereocenters. The van der Waals surface area contributed by atoms with Crippen molar-refractivity contribution in [2.75, 3.05) is 32.8 Å². The second-order valence-electron chi connectivity index (χ2n) is 8.14. The summed E-state index contributed by atoms with van der Waals surface area (Å²) in [4.78, 5) is 17.1. The highest BCUT2D eigenvalue weighted by Crippen LogP contribution is 2.16. The topological polar surface area (TPSA) is 76.4 Å².